The molecule has 0 aromatic rings. The SMILES string of the molecule is CC1=C[C@]2(C(=O)O1)C(C)(C)C[C@H](O)C[C@@]2(C)O. The highest BCUT2D eigenvalue weighted by Gasteiger charge is 2.66. The van der Waals surface area contributed by atoms with E-state index in [1.165, 1.54) is 0 Å². The van der Waals surface area contributed by atoms with Crippen molar-refractivity contribution >= 4 is 5.97 Å². The molecule has 1 heterocycles. The predicted octanol–water partition coefficient (Wildman–Crippen LogP) is 1.37. The van der Waals surface area contributed by atoms with Crippen LogP contribution in [0.4, 0.5) is 0 Å². The van der Waals surface area contributed by atoms with Crippen LogP contribution in [-0.4, -0.2) is 27.9 Å². The molecule has 1 saturated carbocycles. The van der Waals surface area contributed by atoms with Gasteiger partial charge < -0.3 is 14.9 Å². The number of allylic oxidation sites excluding steroid dienone is 1. The molecule has 0 amide bonds. The average Bonchev–Trinajstić information content (AvgIpc) is 2.38. The van der Waals surface area contributed by atoms with Crippen molar-refractivity contribution in [3.63, 3.8) is 0 Å². The van der Waals surface area contributed by atoms with Crippen LogP contribution in [0.1, 0.15) is 40.5 Å². The molecule has 0 aromatic carbocycles. The summed E-state index contributed by atoms with van der Waals surface area (Å²) in [6.07, 6.45) is 1.80. The quantitative estimate of drug-likeness (QED) is 0.627. The zero-order valence-electron chi connectivity index (χ0n) is 10.8. The molecule has 4 nitrogen and oxygen atoms in total. The van der Waals surface area contributed by atoms with Crippen molar-refractivity contribution in [3.8, 4) is 0 Å². The molecule has 2 aliphatic rings. The van der Waals surface area contributed by atoms with Gasteiger partial charge in [-0.25, -0.2) is 0 Å². The van der Waals surface area contributed by atoms with Crippen LogP contribution >= 0.6 is 0 Å². The van der Waals surface area contributed by atoms with Gasteiger partial charge in [0.1, 0.15) is 11.2 Å². The summed E-state index contributed by atoms with van der Waals surface area (Å²) in [6.45, 7) is 7.09. The van der Waals surface area contributed by atoms with E-state index >= 15 is 0 Å². The molecule has 17 heavy (non-hydrogen) atoms. The standard InChI is InChI=1S/C13H20O4/c1-8-5-13(10(15)17-8)11(2,3)6-9(14)7-12(13,4)16/h5,9,14,16H,6-7H2,1-4H3/t9-,12+,13-/m0/s1. The van der Waals surface area contributed by atoms with E-state index in [-0.39, 0.29) is 6.42 Å². The Morgan fingerprint density at radius 3 is 2.35 bits per heavy atom. The van der Waals surface area contributed by atoms with Crippen molar-refractivity contribution in [1.29, 1.82) is 0 Å². The largest absolute Gasteiger partial charge is 0.431 e. The molecule has 0 radical (unpaired) electrons. The maximum absolute atomic E-state index is 12.2. The van der Waals surface area contributed by atoms with E-state index in [1.807, 2.05) is 13.8 Å². The average molecular weight is 240 g/mol. The van der Waals surface area contributed by atoms with Crippen LogP contribution < -0.4 is 0 Å². The van der Waals surface area contributed by atoms with Crippen LogP contribution in [0.2, 0.25) is 0 Å². The Labute approximate surface area is 101 Å². The van der Waals surface area contributed by atoms with Crippen LogP contribution in [-0.2, 0) is 9.53 Å². The van der Waals surface area contributed by atoms with Gasteiger partial charge in [-0.05, 0) is 31.8 Å². The summed E-state index contributed by atoms with van der Waals surface area (Å²) in [5.74, 6) is 0.122. The molecular weight excluding hydrogens is 220 g/mol. The zero-order valence-corrected chi connectivity index (χ0v) is 10.8. The predicted molar refractivity (Wildman–Crippen MR) is 61.9 cm³/mol. The lowest BCUT2D eigenvalue weighted by molar-refractivity contribution is -0.193. The second-order valence-electron chi connectivity index (χ2n) is 6.17. The highest BCUT2D eigenvalue weighted by Crippen LogP contribution is 2.59. The van der Waals surface area contributed by atoms with E-state index in [0.29, 0.717) is 12.2 Å². The molecule has 0 saturated heterocycles. The first-order chi connectivity index (χ1) is 7.62. The summed E-state index contributed by atoms with van der Waals surface area (Å²) < 4.78 is 5.14. The molecule has 4 heteroatoms. The van der Waals surface area contributed by atoms with Gasteiger partial charge >= 0.3 is 5.97 Å². The number of rotatable bonds is 0. The minimum absolute atomic E-state index is 0.190. The molecule has 2 N–H and O–H groups in total. The molecular formula is C13H20O4. The lowest BCUT2D eigenvalue weighted by atomic mass is 9.51. The lowest BCUT2D eigenvalue weighted by Crippen LogP contribution is -2.62. The third-order valence-corrected chi connectivity index (χ3v) is 4.29. The summed E-state index contributed by atoms with van der Waals surface area (Å²) in [6, 6.07) is 0. The fourth-order valence-electron chi connectivity index (χ4n) is 3.64. The molecule has 1 aliphatic heterocycles. The Balaban J connectivity index is 2.59. The highest BCUT2D eigenvalue weighted by molar-refractivity contribution is 5.85. The normalized spacial score (nSPS) is 44.7. The Kier molecular flexibility index (Phi) is 2.46. The van der Waals surface area contributed by atoms with Gasteiger partial charge in [0.15, 0.2) is 0 Å². The van der Waals surface area contributed by atoms with Crippen molar-refractivity contribution in [2.24, 2.45) is 10.8 Å². The first kappa shape index (κ1) is 12.6. The van der Waals surface area contributed by atoms with Gasteiger partial charge in [0.05, 0.1) is 11.7 Å². The van der Waals surface area contributed by atoms with Gasteiger partial charge in [-0.1, -0.05) is 13.8 Å². The van der Waals surface area contributed by atoms with Crippen molar-refractivity contribution in [3.05, 3.63) is 11.8 Å². The number of aliphatic hydroxyl groups excluding tert-OH is 1. The van der Waals surface area contributed by atoms with Crippen LogP contribution in [0, 0.1) is 10.8 Å². The zero-order chi connectivity index (χ0) is 13.1. The minimum Gasteiger partial charge on any atom is -0.431 e. The first-order valence-electron chi connectivity index (χ1n) is 5.95. The Hall–Kier alpha value is -0.870. The molecule has 1 spiro atoms. The van der Waals surface area contributed by atoms with E-state index in [1.54, 1.807) is 19.9 Å². The molecule has 1 aliphatic carbocycles. The molecule has 0 unspecified atom stereocenters. The van der Waals surface area contributed by atoms with Gasteiger partial charge in [0.2, 0.25) is 0 Å². The molecule has 0 aromatic heterocycles. The molecule has 3 atom stereocenters. The Bertz CT molecular complexity index is 374. The number of carbonyl (C=O) groups is 1. The minimum atomic E-state index is -1.29. The van der Waals surface area contributed by atoms with Gasteiger partial charge in [0, 0.05) is 6.42 Å². The van der Waals surface area contributed by atoms with Crippen LogP contribution in [0.15, 0.2) is 11.8 Å². The van der Waals surface area contributed by atoms with Crippen molar-refractivity contribution in [1.82, 2.24) is 0 Å². The maximum atomic E-state index is 12.2. The van der Waals surface area contributed by atoms with Gasteiger partial charge in [0.25, 0.3) is 0 Å². The van der Waals surface area contributed by atoms with Gasteiger partial charge in [-0.2, -0.15) is 0 Å². The Morgan fingerprint density at radius 1 is 1.35 bits per heavy atom. The fraction of sp³-hybridized carbons (Fsp3) is 0.769. The number of hydrogen-bond acceptors (Lipinski definition) is 4. The maximum Gasteiger partial charge on any atom is 0.324 e. The second-order valence-corrected chi connectivity index (χ2v) is 6.17. The van der Waals surface area contributed by atoms with E-state index in [2.05, 4.69) is 0 Å². The number of aliphatic hydroxyl groups is 2. The summed E-state index contributed by atoms with van der Waals surface area (Å²) >= 11 is 0. The summed E-state index contributed by atoms with van der Waals surface area (Å²) in [5.41, 5.74) is -2.88. The van der Waals surface area contributed by atoms with E-state index in [9.17, 15) is 15.0 Å². The lowest BCUT2D eigenvalue weighted by Gasteiger charge is -2.54. The van der Waals surface area contributed by atoms with E-state index in [4.69, 9.17) is 4.74 Å². The molecule has 0 bridgehead atoms. The van der Waals surface area contributed by atoms with E-state index < -0.39 is 28.5 Å². The van der Waals surface area contributed by atoms with Crippen molar-refractivity contribution in [2.45, 2.75) is 52.2 Å². The first-order valence-corrected chi connectivity index (χ1v) is 5.95. The van der Waals surface area contributed by atoms with Crippen LogP contribution in [0.5, 0.6) is 0 Å². The topological polar surface area (TPSA) is 66.8 Å². The van der Waals surface area contributed by atoms with Gasteiger partial charge in [-0.3, -0.25) is 4.79 Å². The summed E-state index contributed by atoms with van der Waals surface area (Å²) in [7, 11) is 0. The summed E-state index contributed by atoms with van der Waals surface area (Å²) in [5, 5.41) is 20.5. The third kappa shape index (κ3) is 1.47. The fourth-order valence-corrected chi connectivity index (χ4v) is 3.64. The van der Waals surface area contributed by atoms with Crippen molar-refractivity contribution < 1.29 is 19.7 Å². The molecule has 1 fully saturated rings. The smallest absolute Gasteiger partial charge is 0.324 e. The van der Waals surface area contributed by atoms with E-state index in [0.717, 1.165) is 0 Å². The molecule has 96 valence electrons. The molecule has 2 rings (SSSR count). The second kappa shape index (κ2) is 3.33. The number of cyclic esters (lactones) is 1. The van der Waals surface area contributed by atoms with Crippen LogP contribution in [0.3, 0.4) is 0 Å². The Morgan fingerprint density at radius 2 is 1.94 bits per heavy atom. The number of hydrogen-bond donors (Lipinski definition) is 2. The third-order valence-electron chi connectivity index (χ3n) is 4.29. The summed E-state index contributed by atoms with van der Waals surface area (Å²) in [4.78, 5) is 12.2. The van der Waals surface area contributed by atoms with Crippen LogP contribution in [0.25, 0.3) is 0 Å². The van der Waals surface area contributed by atoms with Gasteiger partial charge in [-0.15, -0.1) is 0 Å². The number of esters is 1. The number of carbonyl (C=O) groups excluding carboxylic acids is 1. The highest BCUT2D eigenvalue weighted by atomic mass is 16.5. The monoisotopic (exact) mass is 240 g/mol. The van der Waals surface area contributed by atoms with Crippen molar-refractivity contribution in [2.75, 3.05) is 0 Å². The number of ether oxygens (including phenoxy) is 1.